The third-order valence-corrected chi connectivity index (χ3v) is 3.31. The number of hydrogen-bond acceptors (Lipinski definition) is 3. The van der Waals surface area contributed by atoms with Crippen molar-refractivity contribution in [1.82, 2.24) is 4.98 Å². The van der Waals surface area contributed by atoms with E-state index in [1.54, 1.807) is 6.07 Å². The molecule has 2 aromatic rings. The van der Waals surface area contributed by atoms with E-state index in [4.69, 9.17) is 9.47 Å². The molecule has 0 amide bonds. The molecular formula is C14H15NO3. The highest BCUT2D eigenvalue weighted by molar-refractivity contribution is 5.83. The van der Waals surface area contributed by atoms with Gasteiger partial charge in [-0.05, 0) is 18.9 Å². The quantitative estimate of drug-likeness (QED) is 0.840. The molecular weight excluding hydrogens is 230 g/mol. The van der Waals surface area contributed by atoms with Crippen LogP contribution in [-0.4, -0.2) is 11.8 Å². The van der Waals surface area contributed by atoms with E-state index in [2.05, 4.69) is 4.98 Å². The lowest BCUT2D eigenvalue weighted by Gasteiger charge is -2.11. The Kier molecular flexibility index (Phi) is 2.33. The third kappa shape index (κ3) is 1.49. The summed E-state index contributed by atoms with van der Waals surface area (Å²) in [6, 6.07) is 3.60. The van der Waals surface area contributed by atoms with Gasteiger partial charge in [0.2, 0.25) is 6.79 Å². The highest BCUT2D eigenvalue weighted by Crippen LogP contribution is 2.35. The Labute approximate surface area is 105 Å². The topological polar surface area (TPSA) is 51.3 Å². The lowest BCUT2D eigenvalue weighted by atomic mass is 9.99. The van der Waals surface area contributed by atoms with E-state index in [0.29, 0.717) is 16.9 Å². The summed E-state index contributed by atoms with van der Waals surface area (Å²) >= 11 is 0. The van der Waals surface area contributed by atoms with Gasteiger partial charge in [-0.2, -0.15) is 0 Å². The molecule has 0 unspecified atom stereocenters. The number of pyridine rings is 1. The molecule has 1 aromatic heterocycles. The largest absolute Gasteiger partial charge is 0.454 e. The van der Waals surface area contributed by atoms with Crippen LogP contribution in [0.15, 0.2) is 16.9 Å². The number of aromatic amines is 1. The van der Waals surface area contributed by atoms with E-state index in [1.165, 1.54) is 0 Å². The number of aromatic nitrogens is 1. The summed E-state index contributed by atoms with van der Waals surface area (Å²) in [4.78, 5) is 15.7. The van der Waals surface area contributed by atoms with Gasteiger partial charge in [-0.25, -0.2) is 0 Å². The van der Waals surface area contributed by atoms with Gasteiger partial charge in [0.05, 0.1) is 5.52 Å². The lowest BCUT2D eigenvalue weighted by molar-refractivity contribution is 0.174. The number of rotatable bonds is 1. The van der Waals surface area contributed by atoms with Gasteiger partial charge in [0.25, 0.3) is 0 Å². The molecule has 18 heavy (non-hydrogen) atoms. The van der Waals surface area contributed by atoms with Gasteiger partial charge in [0.15, 0.2) is 16.9 Å². The summed E-state index contributed by atoms with van der Waals surface area (Å²) in [5.41, 5.74) is 2.63. The number of nitrogens with one attached hydrogen (secondary N) is 1. The zero-order valence-electron chi connectivity index (χ0n) is 10.7. The van der Waals surface area contributed by atoms with Crippen LogP contribution in [0.4, 0.5) is 0 Å². The maximum absolute atomic E-state index is 12.5. The molecule has 0 fully saturated rings. The molecule has 94 valence electrons. The van der Waals surface area contributed by atoms with Gasteiger partial charge in [-0.15, -0.1) is 0 Å². The lowest BCUT2D eigenvalue weighted by Crippen LogP contribution is -2.14. The van der Waals surface area contributed by atoms with Crippen molar-refractivity contribution >= 4 is 10.9 Å². The molecule has 0 radical (unpaired) electrons. The SMILES string of the molecule is Cc1[nH]c2cc3c(cc2c(=O)c1C(C)C)OCO3. The van der Waals surface area contributed by atoms with E-state index in [1.807, 2.05) is 26.8 Å². The Bertz CT molecular complexity index is 685. The average Bonchev–Trinajstić information content (AvgIpc) is 2.73. The number of hydrogen-bond donors (Lipinski definition) is 1. The highest BCUT2D eigenvalue weighted by atomic mass is 16.7. The summed E-state index contributed by atoms with van der Waals surface area (Å²) < 4.78 is 10.6. The molecule has 1 aliphatic heterocycles. The fourth-order valence-corrected chi connectivity index (χ4v) is 2.51. The van der Waals surface area contributed by atoms with Crippen molar-refractivity contribution in [2.75, 3.05) is 6.79 Å². The maximum Gasteiger partial charge on any atom is 0.231 e. The Morgan fingerprint density at radius 2 is 1.89 bits per heavy atom. The van der Waals surface area contributed by atoms with E-state index in [-0.39, 0.29) is 18.1 Å². The number of aryl methyl sites for hydroxylation is 1. The third-order valence-electron chi connectivity index (χ3n) is 3.31. The van der Waals surface area contributed by atoms with Gasteiger partial charge in [-0.3, -0.25) is 4.79 Å². The van der Waals surface area contributed by atoms with Crippen LogP contribution in [0.25, 0.3) is 10.9 Å². The van der Waals surface area contributed by atoms with Crippen molar-refractivity contribution in [2.24, 2.45) is 0 Å². The van der Waals surface area contributed by atoms with Crippen LogP contribution in [0.5, 0.6) is 11.5 Å². The van der Waals surface area contributed by atoms with E-state index in [9.17, 15) is 4.79 Å². The molecule has 1 N–H and O–H groups in total. The van der Waals surface area contributed by atoms with Gasteiger partial charge in [0.1, 0.15) is 0 Å². The molecule has 0 saturated heterocycles. The first-order chi connectivity index (χ1) is 8.58. The Morgan fingerprint density at radius 3 is 2.56 bits per heavy atom. The van der Waals surface area contributed by atoms with Gasteiger partial charge in [-0.1, -0.05) is 13.8 Å². The van der Waals surface area contributed by atoms with E-state index < -0.39 is 0 Å². The molecule has 1 aromatic carbocycles. The van der Waals surface area contributed by atoms with Gasteiger partial charge < -0.3 is 14.5 Å². The van der Waals surface area contributed by atoms with Crippen LogP contribution in [-0.2, 0) is 0 Å². The second-order valence-electron chi connectivity index (χ2n) is 4.90. The van der Waals surface area contributed by atoms with Crippen LogP contribution in [0.1, 0.15) is 31.0 Å². The normalized spacial score (nSPS) is 13.6. The van der Waals surface area contributed by atoms with Crippen molar-refractivity contribution in [1.29, 1.82) is 0 Å². The predicted octanol–water partition coefficient (Wildman–Crippen LogP) is 2.69. The van der Waals surface area contributed by atoms with Crippen molar-refractivity contribution in [3.05, 3.63) is 33.6 Å². The van der Waals surface area contributed by atoms with Crippen molar-refractivity contribution < 1.29 is 9.47 Å². The smallest absolute Gasteiger partial charge is 0.231 e. The van der Waals surface area contributed by atoms with E-state index in [0.717, 1.165) is 16.8 Å². The molecule has 0 spiro atoms. The van der Waals surface area contributed by atoms with Crippen molar-refractivity contribution in [2.45, 2.75) is 26.7 Å². The molecule has 4 heteroatoms. The summed E-state index contributed by atoms with van der Waals surface area (Å²) in [6.07, 6.45) is 0. The number of ether oxygens (including phenoxy) is 2. The molecule has 4 nitrogen and oxygen atoms in total. The van der Waals surface area contributed by atoms with Gasteiger partial charge >= 0.3 is 0 Å². The first kappa shape index (κ1) is 11.1. The van der Waals surface area contributed by atoms with Crippen molar-refractivity contribution in [3.8, 4) is 11.5 Å². The standard InChI is InChI=1S/C14H15NO3/c1-7(2)13-8(3)15-10-5-12-11(17-6-18-12)4-9(10)14(13)16/h4-5,7H,6H2,1-3H3,(H,15,16). The first-order valence-corrected chi connectivity index (χ1v) is 6.04. The number of benzene rings is 1. The van der Waals surface area contributed by atoms with Gasteiger partial charge in [0, 0.05) is 22.7 Å². The Balaban J connectivity index is 2.38. The minimum atomic E-state index is 0.0783. The number of H-pyrrole nitrogens is 1. The molecule has 3 rings (SSSR count). The molecule has 1 aliphatic rings. The maximum atomic E-state index is 12.5. The van der Waals surface area contributed by atoms with Crippen molar-refractivity contribution in [3.63, 3.8) is 0 Å². The Morgan fingerprint density at radius 1 is 1.22 bits per heavy atom. The predicted molar refractivity (Wildman–Crippen MR) is 69.5 cm³/mol. The second kappa shape index (κ2) is 3.77. The fraction of sp³-hybridized carbons (Fsp3) is 0.357. The monoisotopic (exact) mass is 245 g/mol. The van der Waals surface area contributed by atoms with E-state index >= 15 is 0 Å². The minimum absolute atomic E-state index is 0.0783. The first-order valence-electron chi connectivity index (χ1n) is 6.04. The summed E-state index contributed by atoms with van der Waals surface area (Å²) in [6.45, 7) is 6.20. The molecule has 2 heterocycles. The second-order valence-corrected chi connectivity index (χ2v) is 4.90. The fourth-order valence-electron chi connectivity index (χ4n) is 2.51. The minimum Gasteiger partial charge on any atom is -0.454 e. The Hall–Kier alpha value is -1.97. The summed E-state index contributed by atoms with van der Waals surface area (Å²) in [5.74, 6) is 1.53. The molecule has 0 bridgehead atoms. The summed E-state index contributed by atoms with van der Waals surface area (Å²) in [5, 5.41) is 0.661. The molecule has 0 atom stereocenters. The highest BCUT2D eigenvalue weighted by Gasteiger charge is 2.18. The van der Waals surface area contributed by atoms with Crippen LogP contribution in [0.3, 0.4) is 0 Å². The molecule has 0 saturated carbocycles. The zero-order valence-corrected chi connectivity index (χ0v) is 10.7. The van der Waals surface area contributed by atoms with Crippen LogP contribution in [0.2, 0.25) is 0 Å². The number of fused-ring (bicyclic) bond motifs is 2. The molecule has 0 aliphatic carbocycles. The van der Waals surface area contributed by atoms with Crippen LogP contribution in [0, 0.1) is 6.92 Å². The van der Waals surface area contributed by atoms with Crippen LogP contribution < -0.4 is 14.9 Å². The average molecular weight is 245 g/mol. The summed E-state index contributed by atoms with van der Waals surface area (Å²) in [7, 11) is 0. The van der Waals surface area contributed by atoms with Crippen LogP contribution >= 0.6 is 0 Å². The zero-order chi connectivity index (χ0) is 12.9.